The number of aliphatic carboxylic acids is 1. The molecule has 0 spiro atoms. The zero-order valence-corrected chi connectivity index (χ0v) is 19.3. The van der Waals surface area contributed by atoms with Crippen molar-refractivity contribution in [2.45, 2.75) is 63.8 Å². The fourth-order valence-corrected chi connectivity index (χ4v) is 3.24. The van der Waals surface area contributed by atoms with Gasteiger partial charge in [-0.1, -0.05) is 20.3 Å². The average molecular weight is 487 g/mol. The van der Waals surface area contributed by atoms with E-state index in [1.807, 2.05) is 0 Å². The van der Waals surface area contributed by atoms with E-state index >= 15 is 0 Å². The normalized spacial score (nSPS) is 19.9. The number of carboxylic acids is 1. The first-order chi connectivity index (χ1) is 15.9. The fraction of sp³-hybridized carbons (Fsp3) is 0.700. The van der Waals surface area contributed by atoms with Crippen molar-refractivity contribution in [3.8, 4) is 0 Å². The highest BCUT2D eigenvalue weighted by atomic mass is 16.4. The molecule has 1 saturated heterocycles. The van der Waals surface area contributed by atoms with E-state index in [0.717, 1.165) is 0 Å². The van der Waals surface area contributed by atoms with Gasteiger partial charge in [0, 0.05) is 13.0 Å². The van der Waals surface area contributed by atoms with Crippen molar-refractivity contribution in [1.29, 1.82) is 0 Å². The Labute approximate surface area is 196 Å². The molecule has 0 saturated carbocycles. The molecule has 0 aromatic rings. The highest BCUT2D eigenvalue weighted by Crippen LogP contribution is 2.10. The molecule has 0 aromatic heterocycles. The number of hydrogen-bond donors (Lipinski definition) is 8. The van der Waals surface area contributed by atoms with Gasteiger partial charge in [-0.15, -0.1) is 0 Å². The number of carbonyl (C=O) groups excluding carboxylic acids is 5. The number of hydrogen-bond acceptors (Lipinski definition) is 8. The van der Waals surface area contributed by atoms with E-state index in [-0.39, 0.29) is 31.7 Å². The van der Waals surface area contributed by atoms with Gasteiger partial charge in [0.15, 0.2) is 0 Å². The number of carboxylic acid groups (broad SMARTS) is 1. The Morgan fingerprint density at radius 3 is 2.26 bits per heavy atom. The minimum Gasteiger partial charge on any atom is -0.480 e. The molecule has 1 rings (SSSR count). The molecule has 9 N–H and O–H groups in total. The van der Waals surface area contributed by atoms with E-state index in [2.05, 4.69) is 26.6 Å². The maximum Gasteiger partial charge on any atom is 0.322 e. The van der Waals surface area contributed by atoms with Gasteiger partial charge in [0.2, 0.25) is 29.5 Å². The van der Waals surface area contributed by atoms with Gasteiger partial charge in [0.25, 0.3) is 0 Å². The lowest BCUT2D eigenvalue weighted by atomic mass is 9.97. The summed E-state index contributed by atoms with van der Waals surface area (Å²) in [6.07, 6.45) is -0.343. The molecule has 0 radical (unpaired) electrons. The molecule has 1 aliphatic rings. The molecular formula is C20H34N6O8. The minimum absolute atomic E-state index is 0.152. The van der Waals surface area contributed by atoms with Crippen LogP contribution in [0.25, 0.3) is 0 Å². The number of carbonyl (C=O) groups is 6. The van der Waals surface area contributed by atoms with Crippen LogP contribution in [0.2, 0.25) is 0 Å². The number of aliphatic hydroxyl groups excluding tert-OH is 1. The van der Waals surface area contributed by atoms with Crippen molar-refractivity contribution in [3.05, 3.63) is 0 Å². The Morgan fingerprint density at radius 1 is 1.06 bits per heavy atom. The first-order valence-electron chi connectivity index (χ1n) is 11.0. The molecule has 1 unspecified atom stereocenters. The molecule has 1 heterocycles. The van der Waals surface area contributed by atoms with Crippen molar-refractivity contribution in [1.82, 2.24) is 26.6 Å². The van der Waals surface area contributed by atoms with Crippen LogP contribution in [0.5, 0.6) is 0 Å². The summed E-state index contributed by atoms with van der Waals surface area (Å²) in [7, 11) is 0. The Kier molecular flexibility index (Phi) is 11.9. The fourth-order valence-electron chi connectivity index (χ4n) is 3.24. The monoisotopic (exact) mass is 486 g/mol. The number of nitrogens with one attached hydrogen (secondary N) is 5. The molecule has 0 aliphatic carbocycles. The van der Waals surface area contributed by atoms with Crippen LogP contribution in [0.1, 0.15) is 39.5 Å². The van der Waals surface area contributed by atoms with Gasteiger partial charge in [0.1, 0.15) is 18.6 Å². The lowest BCUT2D eigenvalue weighted by Crippen LogP contribution is -2.57. The molecule has 14 heteroatoms. The van der Waals surface area contributed by atoms with Gasteiger partial charge in [-0.3, -0.25) is 28.8 Å². The average Bonchev–Trinajstić information content (AvgIpc) is 3.22. The van der Waals surface area contributed by atoms with Crippen LogP contribution in [0.4, 0.5) is 0 Å². The van der Waals surface area contributed by atoms with Gasteiger partial charge in [-0.2, -0.15) is 0 Å². The van der Waals surface area contributed by atoms with Crippen LogP contribution in [0.3, 0.4) is 0 Å². The summed E-state index contributed by atoms with van der Waals surface area (Å²) >= 11 is 0. The molecule has 34 heavy (non-hydrogen) atoms. The van der Waals surface area contributed by atoms with Gasteiger partial charge in [-0.05, 0) is 18.8 Å². The molecular weight excluding hydrogens is 452 g/mol. The number of β-amino-alcohol motifs (C(OH)–C–C–N with tert-alkyl or cyclic N) is 1. The van der Waals surface area contributed by atoms with Gasteiger partial charge >= 0.3 is 5.97 Å². The van der Waals surface area contributed by atoms with Crippen LogP contribution in [0, 0.1) is 5.92 Å². The Morgan fingerprint density at radius 2 is 1.74 bits per heavy atom. The Balaban J connectivity index is 2.78. The number of aliphatic hydroxyl groups is 1. The van der Waals surface area contributed by atoms with E-state index < -0.39 is 72.8 Å². The number of rotatable bonds is 14. The van der Waals surface area contributed by atoms with Crippen molar-refractivity contribution < 1.29 is 39.0 Å². The largest absolute Gasteiger partial charge is 0.480 e. The molecule has 14 nitrogen and oxygen atoms in total. The summed E-state index contributed by atoms with van der Waals surface area (Å²) in [5.74, 6) is -4.99. The third kappa shape index (κ3) is 10.1. The van der Waals surface area contributed by atoms with Crippen molar-refractivity contribution in [2.24, 2.45) is 11.7 Å². The first-order valence-corrected chi connectivity index (χ1v) is 11.0. The molecule has 0 aromatic carbocycles. The zero-order valence-electron chi connectivity index (χ0n) is 19.3. The van der Waals surface area contributed by atoms with Crippen molar-refractivity contribution in [3.63, 3.8) is 0 Å². The highest BCUT2D eigenvalue weighted by Gasteiger charge is 2.31. The van der Waals surface area contributed by atoms with Gasteiger partial charge in [0.05, 0.1) is 18.7 Å². The predicted octanol–water partition coefficient (Wildman–Crippen LogP) is -3.69. The molecule has 192 valence electrons. The Hall–Kier alpha value is -3.26. The smallest absolute Gasteiger partial charge is 0.322 e. The van der Waals surface area contributed by atoms with Gasteiger partial charge < -0.3 is 42.5 Å². The molecule has 5 atom stereocenters. The molecule has 5 amide bonds. The van der Waals surface area contributed by atoms with Crippen LogP contribution in [0.15, 0.2) is 0 Å². The predicted molar refractivity (Wildman–Crippen MR) is 118 cm³/mol. The zero-order chi connectivity index (χ0) is 25.8. The van der Waals surface area contributed by atoms with E-state index in [1.165, 1.54) is 0 Å². The molecule has 1 aliphatic heterocycles. The molecule has 1 fully saturated rings. The second-order valence-electron chi connectivity index (χ2n) is 8.18. The maximum atomic E-state index is 12.8. The van der Waals surface area contributed by atoms with E-state index in [1.54, 1.807) is 13.8 Å². The summed E-state index contributed by atoms with van der Waals surface area (Å²) in [5, 5.41) is 30.6. The summed E-state index contributed by atoms with van der Waals surface area (Å²) < 4.78 is 0. The summed E-state index contributed by atoms with van der Waals surface area (Å²) in [6.45, 7) is 2.64. The van der Waals surface area contributed by atoms with Crippen molar-refractivity contribution in [2.75, 3.05) is 19.6 Å². The van der Waals surface area contributed by atoms with Crippen LogP contribution >= 0.6 is 0 Å². The summed E-state index contributed by atoms with van der Waals surface area (Å²) in [4.78, 5) is 71.6. The summed E-state index contributed by atoms with van der Waals surface area (Å²) in [5.41, 5.74) is 5.15. The third-order valence-electron chi connectivity index (χ3n) is 5.39. The van der Waals surface area contributed by atoms with E-state index in [9.17, 15) is 33.9 Å². The van der Waals surface area contributed by atoms with Crippen LogP contribution in [-0.4, -0.2) is 89.6 Å². The van der Waals surface area contributed by atoms with Crippen LogP contribution < -0.4 is 32.3 Å². The molecule has 0 bridgehead atoms. The quantitative estimate of drug-likeness (QED) is 0.121. The first kappa shape index (κ1) is 28.8. The third-order valence-corrected chi connectivity index (χ3v) is 5.39. The van der Waals surface area contributed by atoms with Crippen LogP contribution in [-0.2, 0) is 28.8 Å². The topological polar surface area (TPSA) is 229 Å². The number of amides is 5. The summed E-state index contributed by atoms with van der Waals surface area (Å²) in [6, 6.07) is -2.95. The standard InChI is InChI=1S/C20H34N6O8/c1-3-10(2)17(20(34)24-9-16(30)31)26-19(33)12(4-5-14(21)28)25-15(29)8-23-18(32)13-6-11(27)7-22-13/h10-13,17,22,27H,3-9H2,1-2H3,(H2,21,28)(H,23,32)(H,24,34)(H,25,29)(H,26,33)(H,30,31)/t10?,11-,12+,13+,17+/m1/s1. The minimum atomic E-state index is -1.25. The lowest BCUT2D eigenvalue weighted by Gasteiger charge is -2.26. The second kappa shape index (κ2) is 14.1. The Bertz CT molecular complexity index is 776. The second-order valence-corrected chi connectivity index (χ2v) is 8.18. The SMILES string of the molecule is CCC(C)[C@H](NC(=O)[C@H](CCC(N)=O)NC(=O)CNC(=O)[C@@H]1C[C@@H](O)CN1)C(=O)NCC(=O)O. The highest BCUT2D eigenvalue weighted by molar-refractivity contribution is 5.94. The lowest BCUT2D eigenvalue weighted by molar-refractivity contribution is -0.139. The van der Waals surface area contributed by atoms with E-state index in [0.29, 0.717) is 6.42 Å². The number of nitrogens with two attached hydrogens (primary N) is 1. The van der Waals surface area contributed by atoms with E-state index in [4.69, 9.17) is 10.8 Å². The van der Waals surface area contributed by atoms with Gasteiger partial charge in [-0.25, -0.2) is 0 Å². The number of primary amides is 1. The maximum absolute atomic E-state index is 12.8. The van der Waals surface area contributed by atoms with Crippen molar-refractivity contribution >= 4 is 35.5 Å².